The van der Waals surface area contributed by atoms with Crippen LogP contribution in [0, 0.1) is 6.92 Å². The number of piperidine rings is 2. The Morgan fingerprint density at radius 3 is 2.37 bits per heavy atom. The lowest BCUT2D eigenvalue weighted by molar-refractivity contribution is -0.0766. The summed E-state index contributed by atoms with van der Waals surface area (Å²) in [5, 5.41) is 0. The van der Waals surface area contributed by atoms with E-state index < -0.39 is 0 Å². The molecule has 142 valence electrons. The van der Waals surface area contributed by atoms with Crippen molar-refractivity contribution in [1.82, 2.24) is 4.90 Å². The standard InChI is InChI=1S/C25H31NO/c1-3-16-26-21-13-9-14-22(26)18-23(17-21)27-25(20-11-5-4-6-12-20)24-15-8-7-10-19(24)2/h3-8,10-12,15,21-23,25H,1,9,13-14,16-18H2,2H3. The summed E-state index contributed by atoms with van der Waals surface area (Å²) in [4.78, 5) is 2.67. The van der Waals surface area contributed by atoms with Crippen LogP contribution in [-0.4, -0.2) is 29.6 Å². The van der Waals surface area contributed by atoms with Gasteiger partial charge in [-0.3, -0.25) is 4.90 Å². The second-order valence-electron chi connectivity index (χ2n) is 8.10. The van der Waals surface area contributed by atoms with Crippen molar-refractivity contribution < 1.29 is 4.74 Å². The van der Waals surface area contributed by atoms with Crippen LogP contribution in [0.15, 0.2) is 67.3 Å². The van der Waals surface area contributed by atoms with Gasteiger partial charge in [-0.1, -0.05) is 67.1 Å². The number of fused-ring (bicyclic) bond motifs is 2. The van der Waals surface area contributed by atoms with Crippen molar-refractivity contribution in [3.05, 3.63) is 83.9 Å². The summed E-state index contributed by atoms with van der Waals surface area (Å²) in [5.74, 6) is 0. The Morgan fingerprint density at radius 1 is 1.04 bits per heavy atom. The molecular weight excluding hydrogens is 330 g/mol. The molecule has 2 aliphatic heterocycles. The summed E-state index contributed by atoms with van der Waals surface area (Å²) < 4.78 is 6.85. The van der Waals surface area contributed by atoms with Crippen LogP contribution in [0.3, 0.4) is 0 Å². The van der Waals surface area contributed by atoms with Gasteiger partial charge in [-0.05, 0) is 49.3 Å². The number of aryl methyl sites for hydroxylation is 1. The van der Waals surface area contributed by atoms with Gasteiger partial charge in [-0.2, -0.15) is 0 Å². The second kappa shape index (κ2) is 8.41. The molecule has 0 aliphatic carbocycles. The van der Waals surface area contributed by atoms with E-state index in [1.54, 1.807) is 0 Å². The highest BCUT2D eigenvalue weighted by Gasteiger charge is 2.39. The van der Waals surface area contributed by atoms with Crippen molar-refractivity contribution in [3.8, 4) is 0 Å². The van der Waals surface area contributed by atoms with Crippen molar-refractivity contribution in [2.45, 2.75) is 63.3 Å². The smallest absolute Gasteiger partial charge is 0.108 e. The van der Waals surface area contributed by atoms with E-state index in [9.17, 15) is 0 Å². The minimum Gasteiger partial charge on any atom is -0.365 e. The fourth-order valence-corrected chi connectivity index (χ4v) is 5.02. The summed E-state index contributed by atoms with van der Waals surface area (Å²) >= 11 is 0. The molecule has 2 fully saturated rings. The maximum atomic E-state index is 6.85. The van der Waals surface area contributed by atoms with E-state index in [0.29, 0.717) is 18.2 Å². The highest BCUT2D eigenvalue weighted by Crippen LogP contribution is 2.38. The zero-order valence-electron chi connectivity index (χ0n) is 16.4. The quantitative estimate of drug-likeness (QED) is 0.614. The van der Waals surface area contributed by atoms with Crippen LogP contribution < -0.4 is 0 Å². The molecule has 2 aromatic rings. The molecule has 27 heavy (non-hydrogen) atoms. The van der Waals surface area contributed by atoms with Crippen LogP contribution in [0.1, 0.15) is 54.9 Å². The van der Waals surface area contributed by atoms with Gasteiger partial charge in [-0.25, -0.2) is 0 Å². The van der Waals surface area contributed by atoms with Crippen LogP contribution >= 0.6 is 0 Å². The number of rotatable bonds is 6. The summed E-state index contributed by atoms with van der Waals surface area (Å²) in [6, 6.07) is 20.7. The van der Waals surface area contributed by atoms with Gasteiger partial charge in [0.15, 0.2) is 0 Å². The highest BCUT2D eigenvalue weighted by molar-refractivity contribution is 5.35. The monoisotopic (exact) mass is 361 g/mol. The minimum absolute atomic E-state index is 0.0177. The van der Waals surface area contributed by atoms with Crippen molar-refractivity contribution in [3.63, 3.8) is 0 Å². The van der Waals surface area contributed by atoms with E-state index >= 15 is 0 Å². The third-order valence-corrected chi connectivity index (χ3v) is 6.32. The third kappa shape index (κ3) is 4.02. The van der Waals surface area contributed by atoms with Crippen LogP contribution in [0.25, 0.3) is 0 Å². The first-order valence-electron chi connectivity index (χ1n) is 10.4. The maximum Gasteiger partial charge on any atom is 0.108 e. The Bertz CT molecular complexity index is 742. The van der Waals surface area contributed by atoms with Gasteiger partial charge in [-0.15, -0.1) is 6.58 Å². The Hall–Kier alpha value is -1.90. The summed E-state index contributed by atoms with van der Waals surface area (Å²) in [7, 11) is 0. The van der Waals surface area contributed by atoms with Gasteiger partial charge in [0.25, 0.3) is 0 Å². The molecule has 0 radical (unpaired) electrons. The zero-order chi connectivity index (χ0) is 18.6. The number of benzene rings is 2. The first-order chi connectivity index (χ1) is 13.3. The van der Waals surface area contributed by atoms with Crippen molar-refractivity contribution >= 4 is 0 Å². The van der Waals surface area contributed by atoms with Crippen molar-refractivity contribution in [2.24, 2.45) is 0 Å². The Morgan fingerprint density at radius 2 is 1.70 bits per heavy atom. The molecule has 2 heterocycles. The minimum atomic E-state index is 0.0177. The van der Waals surface area contributed by atoms with Gasteiger partial charge in [0, 0.05) is 18.6 Å². The fourth-order valence-electron chi connectivity index (χ4n) is 5.02. The summed E-state index contributed by atoms with van der Waals surface area (Å²) in [5.41, 5.74) is 3.85. The average Bonchev–Trinajstić information content (AvgIpc) is 2.68. The normalized spacial score (nSPS) is 26.5. The SMILES string of the molecule is C=CCN1C2CCCC1CC(OC(c1ccccc1)c1ccccc1C)C2. The molecule has 0 N–H and O–H groups in total. The van der Waals surface area contributed by atoms with Gasteiger partial charge >= 0.3 is 0 Å². The Labute approximate surface area is 163 Å². The lowest BCUT2D eigenvalue weighted by atomic mass is 9.82. The van der Waals surface area contributed by atoms with Gasteiger partial charge in [0.1, 0.15) is 6.10 Å². The topological polar surface area (TPSA) is 12.5 Å². The molecule has 0 spiro atoms. The molecule has 2 aliphatic rings. The molecule has 2 aromatic carbocycles. The molecule has 0 aromatic heterocycles. The van der Waals surface area contributed by atoms with Crippen LogP contribution in [0.2, 0.25) is 0 Å². The molecule has 2 saturated heterocycles. The molecule has 0 amide bonds. The molecule has 2 bridgehead atoms. The van der Waals surface area contributed by atoms with Gasteiger partial charge in [0.05, 0.1) is 6.10 Å². The maximum absolute atomic E-state index is 6.85. The average molecular weight is 362 g/mol. The lowest BCUT2D eigenvalue weighted by Crippen LogP contribution is -2.53. The van der Waals surface area contributed by atoms with Gasteiger partial charge in [0.2, 0.25) is 0 Å². The van der Waals surface area contributed by atoms with Crippen LogP contribution in [-0.2, 0) is 4.74 Å². The fraction of sp³-hybridized carbons (Fsp3) is 0.440. The van der Waals surface area contributed by atoms with E-state index in [0.717, 1.165) is 19.4 Å². The summed E-state index contributed by atoms with van der Waals surface area (Å²) in [6.07, 6.45) is 8.63. The van der Waals surface area contributed by atoms with Crippen molar-refractivity contribution in [2.75, 3.05) is 6.54 Å². The molecule has 0 saturated carbocycles. The number of hydrogen-bond acceptors (Lipinski definition) is 2. The van der Waals surface area contributed by atoms with Crippen LogP contribution in [0.4, 0.5) is 0 Å². The molecular formula is C25H31NO. The molecule has 2 heteroatoms. The Balaban J connectivity index is 1.58. The van der Waals surface area contributed by atoms with E-state index in [1.807, 2.05) is 0 Å². The number of ether oxygens (including phenoxy) is 1. The number of nitrogens with zero attached hydrogens (tertiary/aromatic N) is 1. The predicted octanol–water partition coefficient (Wildman–Crippen LogP) is 5.67. The molecule has 3 unspecified atom stereocenters. The van der Waals surface area contributed by atoms with E-state index in [2.05, 4.69) is 79.1 Å². The predicted molar refractivity (Wildman–Crippen MR) is 112 cm³/mol. The first kappa shape index (κ1) is 18.5. The highest BCUT2D eigenvalue weighted by atomic mass is 16.5. The van der Waals surface area contributed by atoms with Crippen LogP contribution in [0.5, 0.6) is 0 Å². The summed E-state index contributed by atoms with van der Waals surface area (Å²) in [6.45, 7) is 7.17. The van der Waals surface area contributed by atoms with E-state index in [-0.39, 0.29) is 6.10 Å². The largest absolute Gasteiger partial charge is 0.365 e. The third-order valence-electron chi connectivity index (χ3n) is 6.32. The zero-order valence-corrected chi connectivity index (χ0v) is 16.4. The molecule has 4 rings (SSSR count). The number of hydrogen-bond donors (Lipinski definition) is 0. The van der Waals surface area contributed by atoms with Gasteiger partial charge < -0.3 is 4.74 Å². The molecule has 2 nitrogen and oxygen atoms in total. The first-order valence-corrected chi connectivity index (χ1v) is 10.4. The van der Waals surface area contributed by atoms with E-state index in [4.69, 9.17) is 4.74 Å². The second-order valence-corrected chi connectivity index (χ2v) is 8.10. The van der Waals surface area contributed by atoms with E-state index in [1.165, 1.54) is 36.0 Å². The molecule has 3 atom stereocenters. The lowest BCUT2D eigenvalue weighted by Gasteiger charge is -2.49. The Kier molecular flexibility index (Phi) is 5.75. The van der Waals surface area contributed by atoms with Crippen molar-refractivity contribution in [1.29, 1.82) is 0 Å².